The fraction of sp³-hybridized carbons (Fsp3) is 0.200. The molecule has 0 atom stereocenters. The first kappa shape index (κ1) is 17.6. The lowest BCUT2D eigenvalue weighted by Gasteiger charge is -2.10. The monoisotopic (exact) mass is 370 g/mol. The number of esters is 1. The average Bonchev–Trinajstić information content (AvgIpc) is 2.97. The second kappa shape index (κ2) is 6.58. The van der Waals surface area contributed by atoms with E-state index >= 15 is 0 Å². The summed E-state index contributed by atoms with van der Waals surface area (Å²) in [6, 6.07) is 2.65. The number of rotatable bonds is 4. The number of halogens is 4. The standard InChI is InChI=1S/C15H10F4N4O3/c1-2-25-14(24)13-21-12-6-20-11(7-23(12)22-13)9-4-3-8(5-10(9)16)26-15(17,18)19/h3-7H,2H2,1H3. The first-order valence-corrected chi connectivity index (χ1v) is 7.22. The minimum Gasteiger partial charge on any atom is -0.460 e. The quantitative estimate of drug-likeness (QED) is 0.519. The van der Waals surface area contributed by atoms with Crippen LogP contribution in [0.1, 0.15) is 17.5 Å². The Morgan fingerprint density at radius 1 is 1.31 bits per heavy atom. The smallest absolute Gasteiger partial charge is 0.460 e. The van der Waals surface area contributed by atoms with Crippen LogP contribution in [0.4, 0.5) is 17.6 Å². The van der Waals surface area contributed by atoms with E-state index in [9.17, 15) is 22.4 Å². The number of benzene rings is 1. The summed E-state index contributed by atoms with van der Waals surface area (Å²) in [5.41, 5.74) is 0.220. The van der Waals surface area contributed by atoms with Gasteiger partial charge in [-0.1, -0.05) is 0 Å². The normalized spacial score (nSPS) is 11.6. The second-order valence-corrected chi connectivity index (χ2v) is 4.92. The fourth-order valence-corrected chi connectivity index (χ4v) is 2.12. The summed E-state index contributed by atoms with van der Waals surface area (Å²) in [6.07, 6.45) is -2.40. The van der Waals surface area contributed by atoms with Crippen LogP contribution in [0.25, 0.3) is 16.9 Å². The van der Waals surface area contributed by atoms with Gasteiger partial charge in [0.05, 0.1) is 24.7 Å². The van der Waals surface area contributed by atoms with Gasteiger partial charge in [-0.3, -0.25) is 4.98 Å². The summed E-state index contributed by atoms with van der Waals surface area (Å²) in [4.78, 5) is 19.5. The molecule has 0 amide bonds. The lowest BCUT2D eigenvalue weighted by molar-refractivity contribution is -0.274. The maximum atomic E-state index is 14.1. The molecule has 2 aromatic heterocycles. The van der Waals surface area contributed by atoms with Gasteiger partial charge in [0.15, 0.2) is 5.65 Å². The van der Waals surface area contributed by atoms with Gasteiger partial charge in [0.25, 0.3) is 5.82 Å². The van der Waals surface area contributed by atoms with Crippen molar-refractivity contribution in [1.82, 2.24) is 19.6 Å². The second-order valence-electron chi connectivity index (χ2n) is 4.92. The van der Waals surface area contributed by atoms with Crippen molar-refractivity contribution < 1.29 is 31.8 Å². The highest BCUT2D eigenvalue weighted by atomic mass is 19.4. The molecule has 0 radical (unpaired) electrons. The number of ether oxygens (including phenoxy) is 2. The van der Waals surface area contributed by atoms with Gasteiger partial charge in [-0.2, -0.15) is 4.98 Å². The van der Waals surface area contributed by atoms with E-state index in [0.717, 1.165) is 12.1 Å². The first-order chi connectivity index (χ1) is 12.3. The van der Waals surface area contributed by atoms with Crippen molar-refractivity contribution in [3.05, 3.63) is 42.2 Å². The molecule has 0 saturated carbocycles. The summed E-state index contributed by atoms with van der Waals surface area (Å²) < 4.78 is 60.3. The van der Waals surface area contributed by atoms with Gasteiger partial charge in [0.1, 0.15) is 11.6 Å². The van der Waals surface area contributed by atoms with E-state index in [1.165, 1.54) is 16.9 Å². The van der Waals surface area contributed by atoms with Crippen molar-refractivity contribution in [2.45, 2.75) is 13.3 Å². The van der Waals surface area contributed by atoms with Crippen molar-refractivity contribution in [3.63, 3.8) is 0 Å². The highest BCUT2D eigenvalue weighted by Gasteiger charge is 2.31. The molecule has 0 aliphatic rings. The van der Waals surface area contributed by atoms with Crippen LogP contribution in [0.15, 0.2) is 30.6 Å². The Labute approximate surface area is 143 Å². The van der Waals surface area contributed by atoms with Gasteiger partial charge in [-0.15, -0.1) is 18.3 Å². The van der Waals surface area contributed by atoms with E-state index in [0.29, 0.717) is 6.07 Å². The summed E-state index contributed by atoms with van der Waals surface area (Å²) in [5, 5.41) is 3.91. The van der Waals surface area contributed by atoms with Gasteiger partial charge >= 0.3 is 12.3 Å². The minimum atomic E-state index is -4.92. The van der Waals surface area contributed by atoms with Crippen molar-refractivity contribution in [1.29, 1.82) is 0 Å². The van der Waals surface area contributed by atoms with Crippen LogP contribution in [0.5, 0.6) is 5.75 Å². The molecule has 11 heteroatoms. The summed E-state index contributed by atoms with van der Waals surface area (Å²) in [5.74, 6) is -2.58. The molecular weight excluding hydrogens is 360 g/mol. The average molecular weight is 370 g/mol. The van der Waals surface area contributed by atoms with E-state index < -0.39 is 23.9 Å². The molecule has 1 aromatic carbocycles. The molecule has 3 rings (SSSR count). The number of hydrogen-bond acceptors (Lipinski definition) is 6. The van der Waals surface area contributed by atoms with Crippen molar-refractivity contribution in [2.75, 3.05) is 6.61 Å². The fourth-order valence-electron chi connectivity index (χ4n) is 2.12. The minimum absolute atomic E-state index is 0.0744. The van der Waals surface area contributed by atoms with Gasteiger partial charge in [-0.25, -0.2) is 13.7 Å². The zero-order chi connectivity index (χ0) is 18.9. The molecule has 26 heavy (non-hydrogen) atoms. The molecule has 0 aliphatic carbocycles. The number of nitrogens with zero attached hydrogens (tertiary/aromatic N) is 4. The van der Waals surface area contributed by atoms with Gasteiger partial charge in [0, 0.05) is 11.6 Å². The molecular formula is C15H10F4N4O3. The summed E-state index contributed by atoms with van der Waals surface area (Å²) in [7, 11) is 0. The van der Waals surface area contributed by atoms with Crippen LogP contribution in [-0.2, 0) is 4.74 Å². The largest absolute Gasteiger partial charge is 0.573 e. The maximum Gasteiger partial charge on any atom is 0.573 e. The maximum absolute atomic E-state index is 14.1. The van der Waals surface area contributed by atoms with Crippen LogP contribution >= 0.6 is 0 Å². The Morgan fingerprint density at radius 3 is 2.73 bits per heavy atom. The van der Waals surface area contributed by atoms with Crippen LogP contribution < -0.4 is 4.74 Å². The zero-order valence-electron chi connectivity index (χ0n) is 13.1. The lowest BCUT2D eigenvalue weighted by atomic mass is 10.1. The predicted octanol–water partition coefficient (Wildman–Crippen LogP) is 3.01. The van der Waals surface area contributed by atoms with E-state index in [4.69, 9.17) is 4.74 Å². The third-order valence-corrected chi connectivity index (χ3v) is 3.13. The number of hydrogen-bond donors (Lipinski definition) is 0. The highest BCUT2D eigenvalue weighted by Crippen LogP contribution is 2.28. The van der Waals surface area contributed by atoms with Crippen molar-refractivity contribution in [2.24, 2.45) is 0 Å². The molecule has 0 fully saturated rings. The highest BCUT2D eigenvalue weighted by molar-refractivity contribution is 5.85. The molecule has 7 nitrogen and oxygen atoms in total. The summed E-state index contributed by atoms with van der Waals surface area (Å²) >= 11 is 0. The van der Waals surface area contributed by atoms with E-state index in [2.05, 4.69) is 19.8 Å². The molecule has 2 heterocycles. The molecule has 0 spiro atoms. The van der Waals surface area contributed by atoms with E-state index in [1.54, 1.807) is 6.92 Å². The number of aromatic nitrogens is 4. The van der Waals surface area contributed by atoms with Crippen LogP contribution in [0, 0.1) is 5.82 Å². The topological polar surface area (TPSA) is 78.6 Å². The van der Waals surface area contributed by atoms with Crippen LogP contribution in [-0.4, -0.2) is 38.5 Å². The Morgan fingerprint density at radius 2 is 2.08 bits per heavy atom. The van der Waals surface area contributed by atoms with Crippen molar-refractivity contribution >= 4 is 11.6 Å². The number of alkyl halides is 3. The molecule has 0 saturated heterocycles. The molecule has 0 N–H and O–H groups in total. The molecule has 0 aliphatic heterocycles. The molecule has 136 valence electrons. The summed E-state index contributed by atoms with van der Waals surface area (Å²) in [6.45, 7) is 1.78. The number of fused-ring (bicyclic) bond motifs is 1. The SMILES string of the molecule is CCOC(=O)c1nc2cnc(-c3ccc(OC(F)(F)F)cc3F)cn2n1. The first-order valence-electron chi connectivity index (χ1n) is 7.22. The van der Waals surface area contributed by atoms with E-state index in [-0.39, 0.29) is 29.3 Å². The number of carbonyl (C=O) groups excluding carboxylic acids is 1. The van der Waals surface area contributed by atoms with Gasteiger partial charge < -0.3 is 9.47 Å². The lowest BCUT2D eigenvalue weighted by Crippen LogP contribution is -2.17. The molecule has 0 unspecified atom stereocenters. The van der Waals surface area contributed by atoms with Gasteiger partial charge in [0.2, 0.25) is 0 Å². The van der Waals surface area contributed by atoms with Crippen LogP contribution in [0.2, 0.25) is 0 Å². The Hall–Kier alpha value is -3.24. The van der Waals surface area contributed by atoms with Gasteiger partial charge in [-0.05, 0) is 19.1 Å². The molecule has 0 bridgehead atoms. The Bertz CT molecular complexity index is 971. The Balaban J connectivity index is 1.94. The van der Waals surface area contributed by atoms with Crippen LogP contribution in [0.3, 0.4) is 0 Å². The van der Waals surface area contributed by atoms with E-state index in [1.807, 2.05) is 0 Å². The van der Waals surface area contributed by atoms with Crippen molar-refractivity contribution in [3.8, 4) is 17.0 Å². The predicted molar refractivity (Wildman–Crippen MR) is 78.8 cm³/mol. The third kappa shape index (κ3) is 3.71. The zero-order valence-corrected chi connectivity index (χ0v) is 13.1. The third-order valence-electron chi connectivity index (χ3n) is 3.13. The Kier molecular flexibility index (Phi) is 4.45. The number of carbonyl (C=O) groups is 1. The molecule has 3 aromatic rings.